The van der Waals surface area contributed by atoms with Gasteiger partial charge in [0, 0.05) is 11.1 Å². The third kappa shape index (κ3) is 3.27. The van der Waals surface area contributed by atoms with Crippen LogP contribution >= 0.6 is 0 Å². The van der Waals surface area contributed by atoms with Gasteiger partial charge in [0.15, 0.2) is 11.5 Å². The minimum Gasteiger partial charge on any atom is -0.493 e. The molecule has 0 spiro atoms. The van der Waals surface area contributed by atoms with Gasteiger partial charge in [0.2, 0.25) is 5.75 Å². The van der Waals surface area contributed by atoms with Crippen LogP contribution in [0.15, 0.2) is 30.3 Å². The van der Waals surface area contributed by atoms with E-state index < -0.39 is 0 Å². The number of hydrogen-bond donors (Lipinski definition) is 0. The predicted molar refractivity (Wildman–Crippen MR) is 94.4 cm³/mol. The molecule has 132 valence electrons. The van der Waals surface area contributed by atoms with Crippen molar-refractivity contribution in [2.75, 3.05) is 20.8 Å². The van der Waals surface area contributed by atoms with Crippen LogP contribution in [0.2, 0.25) is 0 Å². The van der Waals surface area contributed by atoms with Crippen molar-refractivity contribution in [1.82, 2.24) is 0 Å². The maximum Gasteiger partial charge on any atom is 0.338 e. The lowest BCUT2D eigenvalue weighted by Gasteiger charge is -2.18. The van der Waals surface area contributed by atoms with Crippen LogP contribution in [0, 0.1) is 5.92 Å². The fourth-order valence-electron chi connectivity index (χ4n) is 2.82. The lowest BCUT2D eigenvalue weighted by Crippen LogP contribution is -2.07. The molecule has 2 aromatic carbocycles. The lowest BCUT2D eigenvalue weighted by atomic mass is 9.99. The van der Waals surface area contributed by atoms with Crippen molar-refractivity contribution in [3.8, 4) is 28.4 Å². The van der Waals surface area contributed by atoms with Crippen molar-refractivity contribution >= 4 is 5.97 Å². The summed E-state index contributed by atoms with van der Waals surface area (Å²) in [5.41, 5.74) is 3.31. The van der Waals surface area contributed by atoms with Gasteiger partial charge in [-0.05, 0) is 35.7 Å². The highest BCUT2D eigenvalue weighted by Crippen LogP contribution is 2.45. The molecule has 0 atom stereocenters. The first-order valence-electron chi connectivity index (χ1n) is 8.23. The second kappa shape index (κ2) is 7.05. The summed E-state index contributed by atoms with van der Waals surface area (Å²) in [7, 11) is 3.22. The van der Waals surface area contributed by atoms with Crippen molar-refractivity contribution in [2.24, 2.45) is 5.92 Å². The molecule has 5 nitrogen and oxygen atoms in total. The standard InChI is InChI=1S/C20H22O5/c1-12(2)10-24-19-17(22-3)8-7-15(18(19)23-4)13-5-6-16-14(9-13)11-25-20(16)21/h5-9,12H,10-11H2,1-4H3. The molecule has 2 aromatic rings. The summed E-state index contributed by atoms with van der Waals surface area (Å²) in [5, 5.41) is 0. The molecule has 1 aliphatic heterocycles. The highest BCUT2D eigenvalue weighted by atomic mass is 16.5. The topological polar surface area (TPSA) is 54.0 Å². The third-order valence-corrected chi connectivity index (χ3v) is 4.06. The number of carbonyl (C=O) groups excluding carboxylic acids is 1. The quantitative estimate of drug-likeness (QED) is 0.741. The normalized spacial score (nSPS) is 12.8. The summed E-state index contributed by atoms with van der Waals surface area (Å²) in [4.78, 5) is 11.6. The van der Waals surface area contributed by atoms with Crippen LogP contribution in [0.25, 0.3) is 11.1 Å². The largest absolute Gasteiger partial charge is 0.493 e. The van der Waals surface area contributed by atoms with Gasteiger partial charge < -0.3 is 18.9 Å². The van der Waals surface area contributed by atoms with E-state index in [1.165, 1.54) is 0 Å². The van der Waals surface area contributed by atoms with Crippen molar-refractivity contribution in [1.29, 1.82) is 0 Å². The van der Waals surface area contributed by atoms with Gasteiger partial charge in [0.05, 0.1) is 26.4 Å². The summed E-state index contributed by atoms with van der Waals surface area (Å²) >= 11 is 0. The Kier molecular flexibility index (Phi) is 4.83. The summed E-state index contributed by atoms with van der Waals surface area (Å²) < 4.78 is 22.1. The van der Waals surface area contributed by atoms with Gasteiger partial charge in [-0.2, -0.15) is 0 Å². The molecule has 1 heterocycles. The van der Waals surface area contributed by atoms with E-state index in [1.54, 1.807) is 20.3 Å². The molecule has 0 radical (unpaired) electrons. The lowest BCUT2D eigenvalue weighted by molar-refractivity contribution is 0.0535. The van der Waals surface area contributed by atoms with Crippen LogP contribution in [0.5, 0.6) is 17.2 Å². The maximum absolute atomic E-state index is 11.6. The number of esters is 1. The predicted octanol–water partition coefficient (Wildman–Crippen LogP) is 4.08. The van der Waals surface area contributed by atoms with Crippen LogP contribution < -0.4 is 14.2 Å². The molecule has 25 heavy (non-hydrogen) atoms. The molecule has 0 unspecified atom stereocenters. The van der Waals surface area contributed by atoms with E-state index in [0.717, 1.165) is 16.7 Å². The average molecular weight is 342 g/mol. The molecule has 0 saturated heterocycles. The van der Waals surface area contributed by atoms with Crippen LogP contribution in [-0.4, -0.2) is 26.8 Å². The maximum atomic E-state index is 11.6. The number of ether oxygens (including phenoxy) is 4. The van der Waals surface area contributed by atoms with Gasteiger partial charge >= 0.3 is 5.97 Å². The van der Waals surface area contributed by atoms with E-state index in [-0.39, 0.29) is 5.97 Å². The van der Waals surface area contributed by atoms with Gasteiger partial charge in [-0.15, -0.1) is 0 Å². The fraction of sp³-hybridized carbons (Fsp3) is 0.350. The Hall–Kier alpha value is -2.69. The SMILES string of the molecule is COc1ccc(-c2ccc3c(c2)COC3=O)c(OC)c1OCC(C)C. The van der Waals surface area contributed by atoms with Crippen molar-refractivity contribution in [3.63, 3.8) is 0 Å². The van der Waals surface area contributed by atoms with Gasteiger partial charge in [-0.3, -0.25) is 0 Å². The molecule has 0 fully saturated rings. The summed E-state index contributed by atoms with van der Waals surface area (Å²) in [6, 6.07) is 9.43. The third-order valence-electron chi connectivity index (χ3n) is 4.06. The van der Waals surface area contributed by atoms with E-state index >= 15 is 0 Å². The summed E-state index contributed by atoms with van der Waals surface area (Å²) in [6.45, 7) is 5.03. The van der Waals surface area contributed by atoms with Gasteiger partial charge in [0.25, 0.3) is 0 Å². The Bertz CT molecular complexity index is 795. The average Bonchev–Trinajstić information content (AvgIpc) is 2.99. The smallest absolute Gasteiger partial charge is 0.338 e. The Morgan fingerprint density at radius 1 is 1.04 bits per heavy atom. The number of hydrogen-bond acceptors (Lipinski definition) is 5. The second-order valence-electron chi connectivity index (χ2n) is 6.33. The minimum absolute atomic E-state index is 0.274. The molecule has 0 amide bonds. The number of carbonyl (C=O) groups is 1. The molecule has 0 aliphatic carbocycles. The van der Waals surface area contributed by atoms with E-state index in [4.69, 9.17) is 18.9 Å². The van der Waals surface area contributed by atoms with E-state index in [9.17, 15) is 4.79 Å². The Morgan fingerprint density at radius 2 is 1.80 bits per heavy atom. The first-order valence-corrected chi connectivity index (χ1v) is 8.23. The zero-order valence-electron chi connectivity index (χ0n) is 14.9. The highest BCUT2D eigenvalue weighted by molar-refractivity contribution is 5.94. The van der Waals surface area contributed by atoms with Crippen LogP contribution in [0.4, 0.5) is 0 Å². The Balaban J connectivity index is 2.07. The minimum atomic E-state index is -0.274. The molecular formula is C20H22O5. The number of benzene rings is 2. The van der Waals surface area contributed by atoms with Crippen LogP contribution in [-0.2, 0) is 11.3 Å². The van der Waals surface area contributed by atoms with E-state index in [0.29, 0.717) is 41.9 Å². The molecule has 1 aliphatic rings. The zero-order chi connectivity index (χ0) is 18.0. The number of fused-ring (bicyclic) bond motifs is 1. The molecule has 3 rings (SSSR count). The van der Waals surface area contributed by atoms with Gasteiger partial charge in [-0.25, -0.2) is 4.79 Å². The monoisotopic (exact) mass is 342 g/mol. The summed E-state index contributed by atoms with van der Waals surface area (Å²) in [6.07, 6.45) is 0. The molecule has 5 heteroatoms. The molecule has 0 N–H and O–H groups in total. The van der Waals surface area contributed by atoms with Crippen LogP contribution in [0.3, 0.4) is 0 Å². The Labute approximate surface area is 147 Å². The Morgan fingerprint density at radius 3 is 2.48 bits per heavy atom. The van der Waals surface area contributed by atoms with Crippen LogP contribution in [0.1, 0.15) is 29.8 Å². The number of cyclic esters (lactones) is 1. The first-order chi connectivity index (χ1) is 12.0. The van der Waals surface area contributed by atoms with E-state index in [1.807, 2.05) is 24.3 Å². The first kappa shape index (κ1) is 17.1. The van der Waals surface area contributed by atoms with Gasteiger partial charge in [-0.1, -0.05) is 19.9 Å². The highest BCUT2D eigenvalue weighted by Gasteiger charge is 2.23. The zero-order valence-corrected chi connectivity index (χ0v) is 14.9. The van der Waals surface area contributed by atoms with Crippen molar-refractivity contribution < 1.29 is 23.7 Å². The molecule has 0 bridgehead atoms. The van der Waals surface area contributed by atoms with E-state index in [2.05, 4.69) is 13.8 Å². The summed E-state index contributed by atoms with van der Waals surface area (Å²) in [5.74, 6) is 1.93. The number of rotatable bonds is 6. The van der Waals surface area contributed by atoms with Crippen molar-refractivity contribution in [3.05, 3.63) is 41.5 Å². The van der Waals surface area contributed by atoms with Crippen molar-refractivity contribution in [2.45, 2.75) is 20.5 Å². The molecule has 0 saturated carbocycles. The molecular weight excluding hydrogens is 320 g/mol. The number of methoxy groups -OCH3 is 2. The second-order valence-corrected chi connectivity index (χ2v) is 6.33. The fourth-order valence-corrected chi connectivity index (χ4v) is 2.82. The van der Waals surface area contributed by atoms with Gasteiger partial charge in [0.1, 0.15) is 6.61 Å². The molecule has 0 aromatic heterocycles.